The van der Waals surface area contributed by atoms with E-state index < -0.39 is 0 Å². The van der Waals surface area contributed by atoms with Gasteiger partial charge in [-0.25, -0.2) is 0 Å². The summed E-state index contributed by atoms with van der Waals surface area (Å²) in [7, 11) is 0. The molecule has 52 heavy (non-hydrogen) atoms. The Bertz CT molecular complexity index is 3230. The number of rotatable bonds is 3. The Labute approximate surface area is 299 Å². The molecule has 0 unspecified atom stereocenters. The second kappa shape index (κ2) is 10.3. The van der Waals surface area contributed by atoms with Crippen LogP contribution in [0.4, 0.5) is 17.1 Å². The average molecular weight is 663 g/mol. The lowest BCUT2D eigenvalue weighted by Crippen LogP contribution is -2.18. The molecular formula is C48H30N4. The van der Waals surface area contributed by atoms with Crippen LogP contribution in [0.25, 0.3) is 82.5 Å². The normalized spacial score (nSPS) is 12.6. The predicted molar refractivity (Wildman–Crippen MR) is 218 cm³/mol. The van der Waals surface area contributed by atoms with E-state index in [-0.39, 0.29) is 0 Å². The van der Waals surface area contributed by atoms with Crippen molar-refractivity contribution >= 4 is 82.5 Å². The number of aromatic nitrogens is 3. The molecule has 0 bridgehead atoms. The van der Waals surface area contributed by atoms with E-state index >= 15 is 0 Å². The van der Waals surface area contributed by atoms with Gasteiger partial charge in [-0.3, -0.25) is 0 Å². The van der Waals surface area contributed by atoms with Crippen molar-refractivity contribution in [1.29, 1.82) is 0 Å². The zero-order valence-corrected chi connectivity index (χ0v) is 28.1. The van der Waals surface area contributed by atoms with Crippen molar-refractivity contribution in [2.45, 2.75) is 0 Å². The molecule has 8 aromatic carbocycles. The summed E-state index contributed by atoms with van der Waals surface area (Å²) in [4.78, 5) is 2.42. The SMILES string of the molecule is c1ccc(N2c3ccccc3-n3c4c2cccc4c2ccc4c5ccccc5n(-c5ccc6c(c5)c5ccccc5n6-c5ccccc5)c4c23)cc1. The predicted octanol–water partition coefficient (Wildman–Crippen LogP) is 12.8. The van der Waals surface area contributed by atoms with Gasteiger partial charge in [-0.05, 0) is 72.8 Å². The van der Waals surface area contributed by atoms with Gasteiger partial charge in [-0.2, -0.15) is 0 Å². The van der Waals surface area contributed by atoms with E-state index in [9.17, 15) is 0 Å². The maximum absolute atomic E-state index is 2.53. The van der Waals surface area contributed by atoms with Gasteiger partial charge in [0.2, 0.25) is 0 Å². The fourth-order valence-electron chi connectivity index (χ4n) is 9.05. The quantitative estimate of drug-likeness (QED) is 0.184. The Balaban J connectivity index is 1.24. The zero-order valence-electron chi connectivity index (χ0n) is 28.1. The van der Waals surface area contributed by atoms with Crippen molar-refractivity contribution in [3.8, 4) is 17.1 Å². The minimum Gasteiger partial charge on any atom is -0.309 e. The maximum Gasteiger partial charge on any atom is 0.0790 e. The highest BCUT2D eigenvalue weighted by atomic mass is 15.2. The van der Waals surface area contributed by atoms with Crippen LogP contribution in [0.15, 0.2) is 182 Å². The Morgan fingerprint density at radius 3 is 1.54 bits per heavy atom. The van der Waals surface area contributed by atoms with Crippen LogP contribution in [0, 0.1) is 0 Å². The summed E-state index contributed by atoms with van der Waals surface area (Å²) in [5.74, 6) is 0. The van der Waals surface area contributed by atoms with Gasteiger partial charge in [0, 0.05) is 49.4 Å². The molecule has 3 aromatic heterocycles. The van der Waals surface area contributed by atoms with Gasteiger partial charge in [-0.15, -0.1) is 0 Å². The van der Waals surface area contributed by atoms with Crippen LogP contribution in [0.1, 0.15) is 0 Å². The van der Waals surface area contributed by atoms with E-state index in [2.05, 4.69) is 201 Å². The topological polar surface area (TPSA) is 18.0 Å². The van der Waals surface area contributed by atoms with Gasteiger partial charge in [0.25, 0.3) is 0 Å². The number of nitrogens with zero attached hydrogens (tertiary/aromatic N) is 4. The molecule has 242 valence electrons. The van der Waals surface area contributed by atoms with Crippen molar-refractivity contribution < 1.29 is 0 Å². The monoisotopic (exact) mass is 662 g/mol. The number of hydrogen-bond acceptors (Lipinski definition) is 1. The largest absolute Gasteiger partial charge is 0.309 e. The molecule has 1 aliphatic heterocycles. The molecule has 4 nitrogen and oxygen atoms in total. The molecule has 4 heteroatoms. The first kappa shape index (κ1) is 27.7. The molecule has 0 saturated heterocycles. The summed E-state index contributed by atoms with van der Waals surface area (Å²) < 4.78 is 7.43. The molecule has 0 N–H and O–H groups in total. The smallest absolute Gasteiger partial charge is 0.0790 e. The van der Waals surface area contributed by atoms with Crippen LogP contribution in [0.2, 0.25) is 0 Å². The summed E-state index contributed by atoms with van der Waals surface area (Å²) in [6.07, 6.45) is 0. The average Bonchev–Trinajstić information content (AvgIpc) is 3.85. The summed E-state index contributed by atoms with van der Waals surface area (Å²) in [5.41, 5.74) is 14.3. The maximum atomic E-state index is 2.53. The molecular weight excluding hydrogens is 633 g/mol. The molecule has 0 saturated carbocycles. The van der Waals surface area contributed by atoms with E-state index in [0.29, 0.717) is 0 Å². The number of hydrogen-bond donors (Lipinski definition) is 0. The third kappa shape index (κ3) is 3.55. The lowest BCUT2D eigenvalue weighted by Gasteiger charge is -2.33. The second-order valence-corrected chi connectivity index (χ2v) is 13.8. The number of para-hydroxylation sites is 7. The van der Waals surface area contributed by atoms with Crippen LogP contribution in [0.3, 0.4) is 0 Å². The molecule has 0 spiro atoms. The molecule has 12 rings (SSSR count). The van der Waals surface area contributed by atoms with E-state index in [0.717, 1.165) is 17.1 Å². The Morgan fingerprint density at radius 2 is 0.769 bits per heavy atom. The minimum atomic E-state index is 1.15. The van der Waals surface area contributed by atoms with Crippen LogP contribution in [-0.2, 0) is 0 Å². The Morgan fingerprint density at radius 1 is 0.250 bits per heavy atom. The highest BCUT2D eigenvalue weighted by Crippen LogP contribution is 2.51. The molecule has 0 amide bonds. The van der Waals surface area contributed by atoms with Gasteiger partial charge in [0.1, 0.15) is 0 Å². The fraction of sp³-hybridized carbons (Fsp3) is 0. The van der Waals surface area contributed by atoms with Crippen LogP contribution in [0.5, 0.6) is 0 Å². The van der Waals surface area contributed by atoms with Crippen molar-refractivity contribution in [2.24, 2.45) is 0 Å². The molecule has 1 aliphatic rings. The summed E-state index contributed by atoms with van der Waals surface area (Å²) in [6.45, 7) is 0. The van der Waals surface area contributed by atoms with Gasteiger partial charge < -0.3 is 18.6 Å². The highest BCUT2D eigenvalue weighted by Gasteiger charge is 2.30. The van der Waals surface area contributed by atoms with Crippen molar-refractivity contribution in [1.82, 2.24) is 13.7 Å². The fourth-order valence-corrected chi connectivity index (χ4v) is 9.05. The molecule has 4 heterocycles. The molecule has 0 fully saturated rings. The first-order chi connectivity index (χ1) is 25.8. The van der Waals surface area contributed by atoms with E-state index in [1.807, 2.05) is 0 Å². The molecule has 0 atom stereocenters. The standard InChI is InChI=1S/C48H30N4/c1-3-14-31(15-4-1)49-40-21-9-8-19-35(40)39-30-33(26-29-42(39)49)51-41-22-10-7-18-34(41)37-27-28-38-36-20-13-25-45-46(36)52(48(38)47(37)51)44-24-12-11-23-43(44)50(45)32-16-5-2-6-17-32/h1-30H. The van der Waals surface area contributed by atoms with Crippen molar-refractivity contribution in [3.05, 3.63) is 182 Å². The van der Waals surface area contributed by atoms with Gasteiger partial charge in [0.05, 0.1) is 50.2 Å². The number of fused-ring (bicyclic) bond motifs is 12. The summed E-state index contributed by atoms with van der Waals surface area (Å²) >= 11 is 0. The highest BCUT2D eigenvalue weighted by molar-refractivity contribution is 6.26. The Hall–Kier alpha value is -7.04. The van der Waals surface area contributed by atoms with Crippen molar-refractivity contribution in [3.63, 3.8) is 0 Å². The van der Waals surface area contributed by atoms with Gasteiger partial charge in [0.15, 0.2) is 0 Å². The molecule has 11 aromatic rings. The van der Waals surface area contributed by atoms with E-state index in [1.54, 1.807) is 0 Å². The lowest BCUT2D eigenvalue weighted by atomic mass is 10.1. The van der Waals surface area contributed by atoms with E-state index in [4.69, 9.17) is 0 Å². The number of anilines is 3. The second-order valence-electron chi connectivity index (χ2n) is 13.8. The van der Waals surface area contributed by atoms with E-state index in [1.165, 1.54) is 82.5 Å². The lowest BCUT2D eigenvalue weighted by molar-refractivity contribution is 1.10. The van der Waals surface area contributed by atoms with Crippen LogP contribution >= 0.6 is 0 Å². The third-order valence-corrected chi connectivity index (χ3v) is 11.1. The van der Waals surface area contributed by atoms with Gasteiger partial charge >= 0.3 is 0 Å². The van der Waals surface area contributed by atoms with Crippen LogP contribution in [-0.4, -0.2) is 13.7 Å². The van der Waals surface area contributed by atoms with Crippen molar-refractivity contribution in [2.75, 3.05) is 4.90 Å². The molecule has 0 aliphatic carbocycles. The first-order valence-electron chi connectivity index (χ1n) is 17.9. The molecule has 0 radical (unpaired) electrons. The third-order valence-electron chi connectivity index (χ3n) is 11.1. The number of benzene rings is 8. The zero-order chi connectivity index (χ0) is 33.9. The minimum absolute atomic E-state index is 1.15. The van der Waals surface area contributed by atoms with Crippen LogP contribution < -0.4 is 4.90 Å². The first-order valence-corrected chi connectivity index (χ1v) is 17.9. The summed E-state index contributed by atoms with van der Waals surface area (Å²) in [5, 5.41) is 7.49. The Kier molecular flexibility index (Phi) is 5.47. The summed E-state index contributed by atoms with van der Waals surface area (Å²) in [6, 6.07) is 66.4. The van der Waals surface area contributed by atoms with Gasteiger partial charge in [-0.1, -0.05) is 109 Å².